The Labute approximate surface area is 164 Å². The summed E-state index contributed by atoms with van der Waals surface area (Å²) in [6.45, 7) is 2.69. The van der Waals surface area contributed by atoms with E-state index in [1.54, 1.807) is 0 Å². The van der Waals surface area contributed by atoms with E-state index in [2.05, 4.69) is 89.5 Å². The van der Waals surface area contributed by atoms with Gasteiger partial charge in [0.15, 0.2) is 0 Å². The molecule has 1 aromatic heterocycles. The summed E-state index contributed by atoms with van der Waals surface area (Å²) in [6, 6.07) is 34.2. The molecule has 0 fully saturated rings. The number of hydrogen-bond acceptors (Lipinski definition) is 1. The fourth-order valence-corrected chi connectivity index (χ4v) is 3.91. The van der Waals surface area contributed by atoms with Gasteiger partial charge >= 0.3 is 0 Å². The van der Waals surface area contributed by atoms with Gasteiger partial charge in [0.25, 0.3) is 0 Å². The van der Waals surface area contributed by atoms with Crippen molar-refractivity contribution in [1.29, 1.82) is 0 Å². The van der Waals surface area contributed by atoms with Gasteiger partial charge in [-0.2, -0.15) is 0 Å². The van der Waals surface area contributed by atoms with Crippen molar-refractivity contribution in [3.8, 4) is 22.6 Å². The first-order valence-electron chi connectivity index (χ1n) is 9.67. The van der Waals surface area contributed by atoms with Crippen molar-refractivity contribution < 1.29 is 4.74 Å². The lowest BCUT2D eigenvalue weighted by atomic mass is 10.1. The third-order valence-electron chi connectivity index (χ3n) is 5.20. The molecule has 0 aliphatic rings. The molecule has 2 nitrogen and oxygen atoms in total. The molecule has 1 heterocycles. The standard InChI is InChI=1S/C26H21NO/c1-2-28-22-17-13-20(14-18-22)19-11-15-21(16-12-19)27-25-9-5-3-7-23(25)24-8-4-6-10-26(24)27/h3-18H,2H2,1H3. The molecule has 0 radical (unpaired) electrons. The Hall–Kier alpha value is -3.52. The van der Waals surface area contributed by atoms with Crippen LogP contribution in [-0.4, -0.2) is 11.2 Å². The summed E-state index contributed by atoms with van der Waals surface area (Å²) in [5.41, 5.74) is 6.03. The Morgan fingerprint density at radius 3 is 1.64 bits per heavy atom. The van der Waals surface area contributed by atoms with Crippen LogP contribution in [0.5, 0.6) is 5.75 Å². The maximum Gasteiger partial charge on any atom is 0.119 e. The SMILES string of the molecule is CCOc1ccc(-c2ccc(-n3c4ccccc4c4ccccc43)cc2)cc1. The van der Waals surface area contributed by atoms with Gasteiger partial charge in [-0.1, -0.05) is 60.7 Å². The van der Waals surface area contributed by atoms with Gasteiger partial charge in [-0.15, -0.1) is 0 Å². The molecule has 0 N–H and O–H groups in total. The highest BCUT2D eigenvalue weighted by Crippen LogP contribution is 2.32. The second-order valence-corrected chi connectivity index (χ2v) is 6.87. The maximum absolute atomic E-state index is 5.54. The van der Waals surface area contributed by atoms with Crippen LogP contribution in [0.2, 0.25) is 0 Å². The van der Waals surface area contributed by atoms with Crippen molar-refractivity contribution in [2.75, 3.05) is 6.61 Å². The zero-order valence-corrected chi connectivity index (χ0v) is 15.8. The molecule has 0 atom stereocenters. The second kappa shape index (κ2) is 6.90. The first-order chi connectivity index (χ1) is 13.8. The number of benzene rings is 4. The zero-order valence-electron chi connectivity index (χ0n) is 15.8. The van der Waals surface area contributed by atoms with Crippen molar-refractivity contribution in [1.82, 2.24) is 4.57 Å². The Balaban J connectivity index is 1.59. The molecule has 2 heteroatoms. The van der Waals surface area contributed by atoms with E-state index in [1.165, 1.54) is 38.6 Å². The summed E-state index contributed by atoms with van der Waals surface area (Å²) >= 11 is 0. The number of aromatic nitrogens is 1. The average Bonchev–Trinajstić information content (AvgIpc) is 3.09. The molecule has 0 amide bonds. The van der Waals surface area contributed by atoms with Crippen molar-refractivity contribution >= 4 is 21.8 Å². The fourth-order valence-electron chi connectivity index (χ4n) is 3.91. The number of hydrogen-bond donors (Lipinski definition) is 0. The van der Waals surface area contributed by atoms with E-state index in [0.717, 1.165) is 5.75 Å². The molecule has 0 saturated heterocycles. The minimum atomic E-state index is 0.687. The Bertz CT molecular complexity index is 1190. The van der Waals surface area contributed by atoms with Crippen LogP contribution in [0.1, 0.15) is 6.92 Å². The smallest absolute Gasteiger partial charge is 0.119 e. The van der Waals surface area contributed by atoms with Crippen LogP contribution >= 0.6 is 0 Å². The number of fused-ring (bicyclic) bond motifs is 3. The van der Waals surface area contributed by atoms with Gasteiger partial charge in [0.05, 0.1) is 17.6 Å². The maximum atomic E-state index is 5.54. The van der Waals surface area contributed by atoms with Gasteiger partial charge in [-0.25, -0.2) is 0 Å². The normalized spacial score (nSPS) is 11.2. The monoisotopic (exact) mass is 363 g/mol. The molecule has 0 saturated carbocycles. The fraction of sp³-hybridized carbons (Fsp3) is 0.0769. The molecular formula is C26H21NO. The van der Waals surface area contributed by atoms with E-state index in [-0.39, 0.29) is 0 Å². The first kappa shape index (κ1) is 16.6. The van der Waals surface area contributed by atoms with E-state index in [4.69, 9.17) is 4.74 Å². The predicted molar refractivity (Wildman–Crippen MR) is 117 cm³/mol. The molecule has 136 valence electrons. The molecule has 5 rings (SSSR count). The molecule has 5 aromatic rings. The predicted octanol–water partition coefficient (Wildman–Crippen LogP) is 6.85. The number of nitrogens with zero attached hydrogens (tertiary/aromatic N) is 1. The molecular weight excluding hydrogens is 342 g/mol. The topological polar surface area (TPSA) is 14.2 Å². The minimum Gasteiger partial charge on any atom is -0.494 e. The van der Waals surface area contributed by atoms with E-state index >= 15 is 0 Å². The largest absolute Gasteiger partial charge is 0.494 e. The van der Waals surface area contributed by atoms with Crippen molar-refractivity contribution in [3.63, 3.8) is 0 Å². The summed E-state index contributed by atoms with van der Waals surface area (Å²) in [4.78, 5) is 0. The molecule has 0 aliphatic heterocycles. The summed E-state index contributed by atoms with van der Waals surface area (Å²) in [5.74, 6) is 0.910. The van der Waals surface area contributed by atoms with E-state index < -0.39 is 0 Å². The van der Waals surface area contributed by atoms with Crippen LogP contribution in [0.3, 0.4) is 0 Å². The zero-order chi connectivity index (χ0) is 18.9. The highest BCUT2D eigenvalue weighted by Gasteiger charge is 2.11. The second-order valence-electron chi connectivity index (χ2n) is 6.87. The number of para-hydroxylation sites is 2. The average molecular weight is 363 g/mol. The molecule has 0 aliphatic carbocycles. The van der Waals surface area contributed by atoms with Gasteiger partial charge in [0.1, 0.15) is 5.75 Å². The third kappa shape index (κ3) is 2.74. The van der Waals surface area contributed by atoms with Crippen LogP contribution in [0, 0.1) is 0 Å². The Morgan fingerprint density at radius 2 is 1.11 bits per heavy atom. The summed E-state index contributed by atoms with van der Waals surface area (Å²) in [6.07, 6.45) is 0. The lowest BCUT2D eigenvalue weighted by molar-refractivity contribution is 0.340. The van der Waals surface area contributed by atoms with Crippen LogP contribution in [0.15, 0.2) is 97.1 Å². The highest BCUT2D eigenvalue weighted by atomic mass is 16.5. The van der Waals surface area contributed by atoms with Crippen LogP contribution in [-0.2, 0) is 0 Å². The van der Waals surface area contributed by atoms with Crippen LogP contribution in [0.4, 0.5) is 0 Å². The molecule has 0 spiro atoms. The highest BCUT2D eigenvalue weighted by molar-refractivity contribution is 6.09. The van der Waals surface area contributed by atoms with E-state index in [0.29, 0.717) is 6.61 Å². The van der Waals surface area contributed by atoms with Crippen molar-refractivity contribution in [2.45, 2.75) is 6.92 Å². The number of rotatable bonds is 4. The van der Waals surface area contributed by atoms with Gasteiger partial charge in [-0.05, 0) is 54.4 Å². The van der Waals surface area contributed by atoms with Crippen molar-refractivity contribution in [3.05, 3.63) is 97.1 Å². The summed E-state index contributed by atoms with van der Waals surface area (Å²) < 4.78 is 7.88. The molecule has 0 unspecified atom stereocenters. The first-order valence-corrected chi connectivity index (χ1v) is 9.67. The van der Waals surface area contributed by atoms with Gasteiger partial charge in [0.2, 0.25) is 0 Å². The minimum absolute atomic E-state index is 0.687. The summed E-state index contributed by atoms with van der Waals surface area (Å²) in [7, 11) is 0. The van der Waals surface area contributed by atoms with Gasteiger partial charge in [-0.3, -0.25) is 0 Å². The van der Waals surface area contributed by atoms with E-state index in [9.17, 15) is 0 Å². The van der Waals surface area contributed by atoms with Crippen LogP contribution in [0.25, 0.3) is 38.6 Å². The number of ether oxygens (including phenoxy) is 1. The van der Waals surface area contributed by atoms with E-state index in [1.807, 2.05) is 19.1 Å². The van der Waals surface area contributed by atoms with Crippen molar-refractivity contribution in [2.24, 2.45) is 0 Å². The molecule has 4 aromatic carbocycles. The van der Waals surface area contributed by atoms with Gasteiger partial charge in [0, 0.05) is 16.5 Å². The Morgan fingerprint density at radius 1 is 0.607 bits per heavy atom. The summed E-state index contributed by atoms with van der Waals surface area (Å²) in [5, 5.41) is 2.57. The lowest BCUT2D eigenvalue weighted by Crippen LogP contribution is -1.93. The lowest BCUT2D eigenvalue weighted by Gasteiger charge is -2.10. The molecule has 0 bridgehead atoms. The van der Waals surface area contributed by atoms with Crippen LogP contribution < -0.4 is 4.74 Å². The third-order valence-corrected chi connectivity index (χ3v) is 5.20. The van der Waals surface area contributed by atoms with Gasteiger partial charge < -0.3 is 9.30 Å². The quantitative estimate of drug-likeness (QED) is 0.340. The Kier molecular flexibility index (Phi) is 4.10. The molecule has 28 heavy (non-hydrogen) atoms.